The van der Waals surface area contributed by atoms with E-state index in [4.69, 9.17) is 15.9 Å². The maximum atomic E-state index is 11.2. The number of aliphatic carboxylic acids is 1. The Bertz CT molecular complexity index is 230. The fourth-order valence-corrected chi connectivity index (χ4v) is 0.820. The number of nitrogens with one attached hydrogen (secondary N) is 1. The van der Waals surface area contributed by atoms with Crippen molar-refractivity contribution in [1.82, 2.24) is 5.32 Å². The number of carbonyl (C=O) groups is 2. The second-order valence-electron chi connectivity index (χ2n) is 3.77. The molecule has 0 bridgehead atoms. The van der Waals surface area contributed by atoms with Crippen LogP contribution in [0.4, 0.5) is 0 Å². The van der Waals surface area contributed by atoms with E-state index in [1.165, 1.54) is 0 Å². The van der Waals surface area contributed by atoms with Crippen LogP contribution in [0.25, 0.3) is 0 Å². The van der Waals surface area contributed by atoms with E-state index in [0.717, 1.165) is 0 Å². The van der Waals surface area contributed by atoms with Crippen LogP contribution in [-0.4, -0.2) is 40.8 Å². The molecule has 0 fully saturated rings. The van der Waals surface area contributed by atoms with Gasteiger partial charge in [0, 0.05) is 12.5 Å². The molecule has 15 heavy (non-hydrogen) atoms. The number of nitrogens with two attached hydrogens (primary N) is 1. The molecule has 0 saturated carbocycles. The standard InChI is InChI=1S/C9H18N2O4/c1-5(2)6(10)3-8(13)11-4-7(12)9(14)15/h5-7,12H,3-4,10H2,1-2H3,(H,11,13)(H,14,15)/t6?,7-/m0/s1. The van der Waals surface area contributed by atoms with Gasteiger partial charge < -0.3 is 21.3 Å². The topological polar surface area (TPSA) is 113 Å². The van der Waals surface area contributed by atoms with Gasteiger partial charge in [-0.1, -0.05) is 13.8 Å². The number of hydrogen-bond donors (Lipinski definition) is 4. The molecule has 0 aliphatic rings. The molecule has 0 aliphatic heterocycles. The fraction of sp³-hybridized carbons (Fsp3) is 0.778. The van der Waals surface area contributed by atoms with Crippen LogP contribution in [0.5, 0.6) is 0 Å². The molecular weight excluding hydrogens is 200 g/mol. The normalized spacial score (nSPS) is 14.7. The van der Waals surface area contributed by atoms with E-state index in [9.17, 15) is 9.59 Å². The summed E-state index contributed by atoms with van der Waals surface area (Å²) in [5.74, 6) is -1.53. The molecule has 0 aromatic rings. The highest BCUT2D eigenvalue weighted by Gasteiger charge is 2.16. The molecular formula is C9H18N2O4. The van der Waals surface area contributed by atoms with Crippen molar-refractivity contribution >= 4 is 11.9 Å². The van der Waals surface area contributed by atoms with E-state index in [1.807, 2.05) is 13.8 Å². The Morgan fingerprint density at radius 3 is 2.33 bits per heavy atom. The van der Waals surface area contributed by atoms with Crippen LogP contribution in [0.1, 0.15) is 20.3 Å². The molecule has 0 rings (SSSR count). The van der Waals surface area contributed by atoms with Crippen LogP contribution in [0.3, 0.4) is 0 Å². The molecule has 0 radical (unpaired) electrons. The first-order valence-electron chi connectivity index (χ1n) is 4.77. The number of rotatable bonds is 6. The second kappa shape index (κ2) is 6.36. The minimum absolute atomic E-state index is 0.129. The largest absolute Gasteiger partial charge is 0.479 e. The number of hydrogen-bond acceptors (Lipinski definition) is 4. The minimum Gasteiger partial charge on any atom is -0.479 e. The summed E-state index contributed by atoms with van der Waals surface area (Å²) in [4.78, 5) is 21.4. The third-order valence-electron chi connectivity index (χ3n) is 2.06. The Morgan fingerprint density at radius 2 is 1.93 bits per heavy atom. The van der Waals surface area contributed by atoms with Crippen molar-refractivity contribution in [1.29, 1.82) is 0 Å². The van der Waals surface area contributed by atoms with Crippen LogP contribution >= 0.6 is 0 Å². The zero-order valence-corrected chi connectivity index (χ0v) is 8.93. The first-order valence-corrected chi connectivity index (χ1v) is 4.77. The minimum atomic E-state index is -1.57. The van der Waals surface area contributed by atoms with Crippen molar-refractivity contribution in [3.63, 3.8) is 0 Å². The molecule has 1 amide bonds. The molecule has 0 aromatic heterocycles. The Morgan fingerprint density at radius 1 is 1.40 bits per heavy atom. The maximum absolute atomic E-state index is 11.2. The van der Waals surface area contributed by atoms with E-state index >= 15 is 0 Å². The summed E-state index contributed by atoms with van der Waals surface area (Å²) in [5.41, 5.74) is 5.64. The zero-order valence-electron chi connectivity index (χ0n) is 8.93. The highest BCUT2D eigenvalue weighted by atomic mass is 16.4. The lowest BCUT2D eigenvalue weighted by Crippen LogP contribution is -2.40. The maximum Gasteiger partial charge on any atom is 0.334 e. The van der Waals surface area contributed by atoms with Gasteiger partial charge in [-0.2, -0.15) is 0 Å². The molecule has 1 unspecified atom stereocenters. The monoisotopic (exact) mass is 218 g/mol. The zero-order chi connectivity index (χ0) is 12.0. The summed E-state index contributed by atoms with van der Waals surface area (Å²) in [6.07, 6.45) is -1.44. The first-order chi connectivity index (χ1) is 6.84. The van der Waals surface area contributed by atoms with Crippen molar-refractivity contribution in [3.8, 4) is 0 Å². The van der Waals surface area contributed by atoms with E-state index in [0.29, 0.717) is 0 Å². The molecule has 2 atom stereocenters. The Balaban J connectivity index is 3.80. The van der Waals surface area contributed by atoms with Gasteiger partial charge >= 0.3 is 5.97 Å². The average molecular weight is 218 g/mol. The smallest absolute Gasteiger partial charge is 0.334 e. The lowest BCUT2D eigenvalue weighted by atomic mass is 10.0. The van der Waals surface area contributed by atoms with Crippen molar-refractivity contribution in [2.24, 2.45) is 11.7 Å². The predicted octanol–water partition coefficient (Wildman–Crippen LogP) is -1.08. The Labute approximate surface area is 88.5 Å². The first kappa shape index (κ1) is 13.9. The molecule has 88 valence electrons. The van der Waals surface area contributed by atoms with Gasteiger partial charge in [0.1, 0.15) is 0 Å². The second-order valence-corrected chi connectivity index (χ2v) is 3.77. The van der Waals surface area contributed by atoms with Crippen molar-refractivity contribution in [2.75, 3.05) is 6.54 Å². The van der Waals surface area contributed by atoms with Gasteiger partial charge in [0.2, 0.25) is 5.91 Å². The molecule has 0 heterocycles. The summed E-state index contributed by atoms with van der Waals surface area (Å²) in [6.45, 7) is 3.49. The molecule has 0 aromatic carbocycles. The molecule has 5 N–H and O–H groups in total. The lowest BCUT2D eigenvalue weighted by molar-refractivity contribution is -0.146. The van der Waals surface area contributed by atoms with Gasteiger partial charge in [-0.25, -0.2) is 4.79 Å². The fourth-order valence-electron chi connectivity index (χ4n) is 0.820. The van der Waals surface area contributed by atoms with Crippen LogP contribution in [0.2, 0.25) is 0 Å². The van der Waals surface area contributed by atoms with Crippen LogP contribution in [-0.2, 0) is 9.59 Å². The number of aliphatic hydroxyl groups excluding tert-OH is 1. The number of carboxylic acid groups (broad SMARTS) is 1. The van der Waals surface area contributed by atoms with E-state index in [2.05, 4.69) is 5.32 Å². The van der Waals surface area contributed by atoms with Crippen molar-refractivity contribution in [2.45, 2.75) is 32.4 Å². The summed E-state index contributed by atoms with van der Waals surface area (Å²) in [6, 6.07) is -0.257. The number of amides is 1. The van der Waals surface area contributed by atoms with E-state index in [1.54, 1.807) is 0 Å². The summed E-state index contributed by atoms with van der Waals surface area (Å²) in [5, 5.41) is 19.5. The van der Waals surface area contributed by atoms with Gasteiger partial charge in [0.15, 0.2) is 6.10 Å². The van der Waals surface area contributed by atoms with Crippen LogP contribution in [0, 0.1) is 5.92 Å². The summed E-state index contributed by atoms with van der Waals surface area (Å²) >= 11 is 0. The molecule has 0 saturated heterocycles. The number of carbonyl (C=O) groups excluding carboxylic acids is 1. The highest BCUT2D eigenvalue weighted by molar-refractivity contribution is 5.78. The van der Waals surface area contributed by atoms with Crippen LogP contribution in [0.15, 0.2) is 0 Å². The third-order valence-corrected chi connectivity index (χ3v) is 2.06. The van der Waals surface area contributed by atoms with Crippen molar-refractivity contribution in [3.05, 3.63) is 0 Å². The summed E-state index contributed by atoms with van der Waals surface area (Å²) in [7, 11) is 0. The predicted molar refractivity (Wildman–Crippen MR) is 54.1 cm³/mol. The lowest BCUT2D eigenvalue weighted by Gasteiger charge is -2.15. The number of carboxylic acids is 1. The third kappa shape index (κ3) is 6.03. The van der Waals surface area contributed by atoms with Gasteiger partial charge in [-0.3, -0.25) is 4.79 Å². The van der Waals surface area contributed by atoms with Crippen molar-refractivity contribution < 1.29 is 19.8 Å². The van der Waals surface area contributed by atoms with Gasteiger partial charge in [-0.15, -0.1) is 0 Å². The molecule has 0 spiro atoms. The van der Waals surface area contributed by atoms with Gasteiger partial charge in [0.25, 0.3) is 0 Å². The number of aliphatic hydroxyl groups is 1. The Hall–Kier alpha value is -1.14. The van der Waals surface area contributed by atoms with Crippen LogP contribution < -0.4 is 11.1 Å². The summed E-state index contributed by atoms with van der Waals surface area (Å²) < 4.78 is 0. The Kier molecular flexibility index (Phi) is 5.88. The highest BCUT2D eigenvalue weighted by Crippen LogP contribution is 2.02. The van der Waals surface area contributed by atoms with E-state index < -0.39 is 12.1 Å². The molecule has 0 aliphatic carbocycles. The quantitative estimate of drug-likeness (QED) is 0.453. The molecule has 6 heteroatoms. The van der Waals surface area contributed by atoms with Gasteiger partial charge in [-0.05, 0) is 5.92 Å². The van der Waals surface area contributed by atoms with E-state index in [-0.39, 0.29) is 30.8 Å². The SMILES string of the molecule is CC(C)C(N)CC(=O)NC[C@H](O)C(=O)O. The average Bonchev–Trinajstić information content (AvgIpc) is 2.13. The van der Waals surface area contributed by atoms with Gasteiger partial charge in [0.05, 0.1) is 6.54 Å². The molecule has 6 nitrogen and oxygen atoms in total.